The van der Waals surface area contributed by atoms with E-state index in [2.05, 4.69) is 11.4 Å². The summed E-state index contributed by atoms with van der Waals surface area (Å²) < 4.78 is 71.2. The van der Waals surface area contributed by atoms with Gasteiger partial charge in [0.25, 0.3) is 0 Å². The van der Waals surface area contributed by atoms with Gasteiger partial charge in [0, 0.05) is 6.54 Å². The van der Waals surface area contributed by atoms with Crippen molar-refractivity contribution in [1.82, 2.24) is 10.4 Å². The number of nitrogens with zero attached hydrogens (tertiary/aromatic N) is 1. The van der Waals surface area contributed by atoms with E-state index in [1.54, 1.807) is 0 Å². The van der Waals surface area contributed by atoms with E-state index in [0.717, 1.165) is 6.08 Å². The number of amides is 1. The highest BCUT2D eigenvalue weighted by Gasteiger charge is 2.42. The molecular formula is C9H10F6N2O3. The van der Waals surface area contributed by atoms with Gasteiger partial charge in [-0.05, 0) is 0 Å². The van der Waals surface area contributed by atoms with Crippen LogP contribution < -0.4 is 5.32 Å². The minimum absolute atomic E-state index is 0.357. The standard InChI is InChI=1S/C9H10F6N2O3/c1-2-4-17(20-7(19)9(13,14)15)5-3-16-6(18)8(10,11)12/h2H,1,3-5H2,(H,16,18). The number of carbonyl (C=O) groups is 2. The highest BCUT2D eigenvalue weighted by molar-refractivity contribution is 5.81. The van der Waals surface area contributed by atoms with E-state index in [4.69, 9.17) is 0 Å². The van der Waals surface area contributed by atoms with E-state index in [9.17, 15) is 35.9 Å². The van der Waals surface area contributed by atoms with Gasteiger partial charge >= 0.3 is 24.2 Å². The maximum atomic E-state index is 11.9. The summed E-state index contributed by atoms with van der Waals surface area (Å²) in [6.45, 7) is 1.57. The lowest BCUT2D eigenvalue weighted by atomic mass is 10.5. The van der Waals surface area contributed by atoms with E-state index in [1.807, 2.05) is 0 Å². The minimum atomic E-state index is -5.24. The molecule has 0 saturated heterocycles. The fourth-order valence-corrected chi connectivity index (χ4v) is 0.882. The molecular weight excluding hydrogens is 298 g/mol. The zero-order valence-corrected chi connectivity index (χ0v) is 9.85. The molecule has 0 spiro atoms. The van der Waals surface area contributed by atoms with E-state index >= 15 is 0 Å². The molecule has 11 heteroatoms. The molecule has 0 aliphatic heterocycles. The lowest BCUT2D eigenvalue weighted by molar-refractivity contribution is -0.236. The van der Waals surface area contributed by atoms with Crippen molar-refractivity contribution in [1.29, 1.82) is 0 Å². The van der Waals surface area contributed by atoms with Crippen LogP contribution in [0.15, 0.2) is 12.7 Å². The Hall–Kier alpha value is -1.78. The maximum Gasteiger partial charge on any atom is 0.492 e. The second-order valence-corrected chi connectivity index (χ2v) is 3.31. The van der Waals surface area contributed by atoms with Crippen LogP contribution >= 0.6 is 0 Å². The molecule has 0 unspecified atom stereocenters. The van der Waals surface area contributed by atoms with Gasteiger partial charge in [0.15, 0.2) is 0 Å². The molecule has 20 heavy (non-hydrogen) atoms. The van der Waals surface area contributed by atoms with Gasteiger partial charge in [-0.1, -0.05) is 6.08 Å². The van der Waals surface area contributed by atoms with Gasteiger partial charge in [-0.15, -0.1) is 11.6 Å². The Kier molecular flexibility index (Phi) is 6.49. The molecule has 0 radical (unpaired) electrons. The van der Waals surface area contributed by atoms with Crippen molar-refractivity contribution in [3.63, 3.8) is 0 Å². The van der Waals surface area contributed by atoms with Gasteiger partial charge in [0.1, 0.15) is 0 Å². The maximum absolute atomic E-state index is 11.9. The van der Waals surface area contributed by atoms with Gasteiger partial charge in [0.05, 0.1) is 13.1 Å². The molecule has 0 heterocycles. The average Bonchev–Trinajstić information content (AvgIpc) is 2.26. The van der Waals surface area contributed by atoms with Crippen molar-refractivity contribution in [2.45, 2.75) is 12.4 Å². The molecule has 0 aromatic rings. The number of hydrogen-bond acceptors (Lipinski definition) is 4. The van der Waals surface area contributed by atoms with E-state index < -0.39 is 37.3 Å². The van der Waals surface area contributed by atoms with Crippen LogP contribution in [0.2, 0.25) is 0 Å². The van der Waals surface area contributed by atoms with Crippen LogP contribution in [0.4, 0.5) is 26.3 Å². The van der Waals surface area contributed by atoms with Crippen LogP contribution in [0.5, 0.6) is 0 Å². The molecule has 0 atom stereocenters. The summed E-state index contributed by atoms with van der Waals surface area (Å²) in [6, 6.07) is 0. The third-order valence-electron chi connectivity index (χ3n) is 1.68. The molecule has 116 valence electrons. The summed E-state index contributed by atoms with van der Waals surface area (Å²) in [4.78, 5) is 24.8. The summed E-state index contributed by atoms with van der Waals surface area (Å²) in [5.74, 6) is -4.78. The van der Waals surface area contributed by atoms with Crippen molar-refractivity contribution in [2.24, 2.45) is 0 Å². The second-order valence-electron chi connectivity index (χ2n) is 3.31. The Bertz CT molecular complexity index is 366. The van der Waals surface area contributed by atoms with Crippen LogP contribution in [0.25, 0.3) is 0 Å². The van der Waals surface area contributed by atoms with Gasteiger partial charge in [-0.3, -0.25) is 4.79 Å². The third-order valence-corrected chi connectivity index (χ3v) is 1.68. The van der Waals surface area contributed by atoms with Crippen LogP contribution in [-0.2, 0) is 14.4 Å². The Balaban J connectivity index is 4.33. The minimum Gasteiger partial charge on any atom is -0.360 e. The molecule has 0 aliphatic rings. The molecule has 0 fully saturated rings. The van der Waals surface area contributed by atoms with Crippen molar-refractivity contribution in [3.8, 4) is 0 Å². The van der Waals surface area contributed by atoms with Crippen molar-refractivity contribution in [2.75, 3.05) is 19.6 Å². The van der Waals surface area contributed by atoms with Crippen LogP contribution in [0, 0.1) is 0 Å². The lowest BCUT2D eigenvalue weighted by Gasteiger charge is -2.20. The number of carbonyl (C=O) groups excluding carboxylic acids is 2. The molecule has 0 aromatic carbocycles. The number of hydroxylamine groups is 2. The van der Waals surface area contributed by atoms with Crippen LogP contribution in [0.1, 0.15) is 0 Å². The zero-order valence-electron chi connectivity index (χ0n) is 9.85. The smallest absolute Gasteiger partial charge is 0.360 e. The zero-order chi connectivity index (χ0) is 16.0. The van der Waals surface area contributed by atoms with Crippen molar-refractivity contribution >= 4 is 11.9 Å². The summed E-state index contributed by atoms with van der Waals surface area (Å²) >= 11 is 0. The SMILES string of the molecule is C=CCN(CCNC(=O)C(F)(F)F)OC(=O)C(F)(F)F. The number of alkyl halides is 6. The fraction of sp³-hybridized carbons (Fsp3) is 0.556. The lowest BCUT2D eigenvalue weighted by Crippen LogP contribution is -2.43. The third kappa shape index (κ3) is 6.97. The molecule has 0 saturated carbocycles. The predicted molar refractivity (Wildman–Crippen MR) is 53.0 cm³/mol. The Morgan fingerprint density at radius 3 is 2.10 bits per heavy atom. The van der Waals surface area contributed by atoms with E-state index in [0.29, 0.717) is 5.06 Å². The summed E-state index contributed by atoms with van der Waals surface area (Å²) in [6.07, 6.45) is -9.28. The number of rotatable bonds is 6. The molecule has 0 rings (SSSR count). The average molecular weight is 308 g/mol. The molecule has 0 aliphatic carbocycles. The number of hydrogen-bond donors (Lipinski definition) is 1. The highest BCUT2D eigenvalue weighted by atomic mass is 19.4. The quantitative estimate of drug-likeness (QED) is 0.455. The highest BCUT2D eigenvalue weighted by Crippen LogP contribution is 2.17. The van der Waals surface area contributed by atoms with Gasteiger partial charge < -0.3 is 10.2 Å². The molecule has 1 amide bonds. The predicted octanol–water partition coefficient (Wildman–Crippen LogP) is 1.17. The fourth-order valence-electron chi connectivity index (χ4n) is 0.882. The summed E-state index contributed by atoms with van der Waals surface area (Å²) in [5.41, 5.74) is 0. The molecule has 1 N–H and O–H groups in total. The second kappa shape index (κ2) is 7.12. The summed E-state index contributed by atoms with van der Waals surface area (Å²) in [7, 11) is 0. The van der Waals surface area contributed by atoms with Crippen LogP contribution in [-0.4, -0.2) is 48.9 Å². The molecule has 5 nitrogen and oxygen atoms in total. The van der Waals surface area contributed by atoms with E-state index in [1.165, 1.54) is 5.32 Å². The Labute approximate surface area is 109 Å². The first-order valence-electron chi connectivity index (χ1n) is 4.98. The largest absolute Gasteiger partial charge is 0.492 e. The van der Waals surface area contributed by atoms with Gasteiger partial charge in [-0.25, -0.2) is 4.79 Å². The first kappa shape index (κ1) is 18.2. The Morgan fingerprint density at radius 2 is 1.70 bits per heavy atom. The molecule has 0 bridgehead atoms. The topological polar surface area (TPSA) is 58.6 Å². The Morgan fingerprint density at radius 1 is 1.15 bits per heavy atom. The van der Waals surface area contributed by atoms with Gasteiger partial charge in [-0.2, -0.15) is 26.3 Å². The van der Waals surface area contributed by atoms with E-state index in [-0.39, 0.29) is 6.54 Å². The summed E-state index contributed by atoms with van der Waals surface area (Å²) in [5, 5.41) is 1.83. The number of nitrogens with one attached hydrogen (secondary N) is 1. The van der Waals surface area contributed by atoms with Crippen LogP contribution in [0.3, 0.4) is 0 Å². The molecule has 0 aromatic heterocycles. The first-order chi connectivity index (χ1) is 8.98. The van der Waals surface area contributed by atoms with Gasteiger partial charge in [0.2, 0.25) is 0 Å². The number of halogens is 6. The monoisotopic (exact) mass is 308 g/mol. The van der Waals surface area contributed by atoms with Crippen molar-refractivity contribution in [3.05, 3.63) is 12.7 Å². The normalized spacial score (nSPS) is 12.2. The first-order valence-corrected chi connectivity index (χ1v) is 4.98. The van der Waals surface area contributed by atoms with Crippen molar-refractivity contribution < 1.29 is 40.8 Å².